The number of hydrogen-bond donors (Lipinski definition) is 0. The van der Waals surface area contributed by atoms with Gasteiger partial charge in [-0.3, -0.25) is 4.79 Å². The third-order valence-corrected chi connectivity index (χ3v) is 8.28. The van der Waals surface area contributed by atoms with Crippen molar-refractivity contribution in [3.63, 3.8) is 0 Å². The van der Waals surface area contributed by atoms with E-state index in [9.17, 15) is 4.79 Å². The van der Waals surface area contributed by atoms with Crippen molar-refractivity contribution in [2.75, 3.05) is 13.2 Å². The summed E-state index contributed by atoms with van der Waals surface area (Å²) in [4.78, 5) is 18.6. The molecular formula is C35H34FN5O3S. The minimum absolute atomic E-state index is 0.206. The molecule has 0 N–H and O–H groups in total. The van der Waals surface area contributed by atoms with Gasteiger partial charge in [-0.1, -0.05) is 62.6 Å². The van der Waals surface area contributed by atoms with Crippen LogP contribution < -0.4 is 19.6 Å². The van der Waals surface area contributed by atoms with E-state index in [0.29, 0.717) is 45.4 Å². The molecule has 3 aromatic heterocycles. The van der Waals surface area contributed by atoms with Crippen molar-refractivity contribution >= 4 is 22.4 Å². The first kappa shape index (κ1) is 30.2. The van der Waals surface area contributed by atoms with Crippen LogP contribution in [0.15, 0.2) is 83.8 Å². The van der Waals surface area contributed by atoms with E-state index in [4.69, 9.17) is 14.6 Å². The summed E-state index contributed by atoms with van der Waals surface area (Å²) in [6, 6.07) is 22.1. The number of para-hydroxylation sites is 1. The maximum absolute atomic E-state index is 15.1. The van der Waals surface area contributed by atoms with E-state index in [1.165, 1.54) is 21.9 Å². The van der Waals surface area contributed by atoms with Gasteiger partial charge in [-0.05, 0) is 73.5 Å². The molecule has 0 unspecified atom stereocenters. The Balaban J connectivity index is 1.32. The van der Waals surface area contributed by atoms with E-state index in [2.05, 4.69) is 23.9 Å². The zero-order chi connectivity index (χ0) is 31.2. The monoisotopic (exact) mass is 623 g/mol. The van der Waals surface area contributed by atoms with Crippen molar-refractivity contribution in [1.82, 2.24) is 24.4 Å². The molecule has 0 atom stereocenters. The fraction of sp³-hybridized carbons (Fsp3) is 0.257. The normalized spacial score (nSPS) is 11.8. The Bertz CT molecular complexity index is 2000. The number of rotatable bonds is 13. The maximum Gasteiger partial charge on any atom is 0.291 e. The summed E-state index contributed by atoms with van der Waals surface area (Å²) in [6.45, 7) is 5.36. The molecule has 0 saturated carbocycles. The van der Waals surface area contributed by atoms with Gasteiger partial charge in [0.2, 0.25) is 4.96 Å². The highest BCUT2D eigenvalue weighted by atomic mass is 32.1. The van der Waals surface area contributed by atoms with Gasteiger partial charge in [-0.2, -0.15) is 14.6 Å². The van der Waals surface area contributed by atoms with E-state index < -0.39 is 5.82 Å². The topological polar surface area (TPSA) is 83.5 Å². The van der Waals surface area contributed by atoms with E-state index in [-0.39, 0.29) is 11.3 Å². The van der Waals surface area contributed by atoms with Crippen LogP contribution in [0, 0.1) is 5.82 Å². The maximum atomic E-state index is 15.1. The fourth-order valence-corrected chi connectivity index (χ4v) is 5.76. The molecule has 10 heteroatoms. The lowest BCUT2D eigenvalue weighted by molar-refractivity contribution is 0.294. The fourth-order valence-electron chi connectivity index (χ4n) is 4.86. The minimum atomic E-state index is -0.462. The third-order valence-electron chi connectivity index (χ3n) is 7.32. The van der Waals surface area contributed by atoms with Crippen LogP contribution in [0.2, 0.25) is 0 Å². The summed E-state index contributed by atoms with van der Waals surface area (Å²) >= 11 is 1.24. The SMILES string of the molecule is CCCCCOc1ccc(-c2nc3s/c(=C\c4cn(-c5ccccc5)nc4-c4ccc(OCCCC)c(F)c4)c(=O)n3n2)cc1. The van der Waals surface area contributed by atoms with Crippen molar-refractivity contribution in [3.8, 4) is 39.8 Å². The van der Waals surface area contributed by atoms with E-state index in [0.717, 1.165) is 49.1 Å². The number of thiazole rings is 1. The molecular weight excluding hydrogens is 589 g/mol. The molecule has 230 valence electrons. The van der Waals surface area contributed by atoms with Gasteiger partial charge in [-0.15, -0.1) is 5.10 Å². The average molecular weight is 624 g/mol. The first-order chi connectivity index (χ1) is 22.0. The van der Waals surface area contributed by atoms with Gasteiger partial charge in [0.05, 0.1) is 23.4 Å². The highest BCUT2D eigenvalue weighted by Gasteiger charge is 2.17. The molecule has 0 saturated heterocycles. The molecule has 45 heavy (non-hydrogen) atoms. The van der Waals surface area contributed by atoms with Crippen molar-refractivity contribution in [2.24, 2.45) is 0 Å². The number of ether oxygens (including phenoxy) is 2. The van der Waals surface area contributed by atoms with Gasteiger partial charge in [0.25, 0.3) is 5.56 Å². The van der Waals surface area contributed by atoms with Crippen LogP contribution in [0.4, 0.5) is 4.39 Å². The minimum Gasteiger partial charge on any atom is -0.494 e. The summed E-state index contributed by atoms with van der Waals surface area (Å²) in [5.74, 6) is 1.01. The molecule has 6 aromatic rings. The summed E-state index contributed by atoms with van der Waals surface area (Å²) in [5, 5.41) is 9.29. The van der Waals surface area contributed by atoms with Crippen LogP contribution in [0.25, 0.3) is 39.4 Å². The second-order valence-corrected chi connectivity index (χ2v) is 11.7. The molecule has 8 nitrogen and oxygen atoms in total. The number of benzene rings is 3. The zero-order valence-electron chi connectivity index (χ0n) is 25.3. The number of fused-ring (bicyclic) bond motifs is 1. The molecule has 3 heterocycles. The Morgan fingerprint density at radius 3 is 2.36 bits per heavy atom. The number of hydrogen-bond acceptors (Lipinski definition) is 7. The first-order valence-electron chi connectivity index (χ1n) is 15.3. The lowest BCUT2D eigenvalue weighted by Gasteiger charge is -2.08. The molecule has 0 fully saturated rings. The molecule has 0 aliphatic heterocycles. The quantitative estimate of drug-likeness (QED) is 0.128. The van der Waals surface area contributed by atoms with Gasteiger partial charge >= 0.3 is 0 Å². The largest absolute Gasteiger partial charge is 0.494 e. The molecule has 0 spiro atoms. The Hall–Kier alpha value is -4.83. The Kier molecular flexibility index (Phi) is 9.30. The highest BCUT2D eigenvalue weighted by Crippen LogP contribution is 2.29. The predicted molar refractivity (Wildman–Crippen MR) is 176 cm³/mol. The number of halogens is 1. The van der Waals surface area contributed by atoms with Crippen LogP contribution in [-0.2, 0) is 0 Å². The molecule has 0 aliphatic carbocycles. The molecule has 6 rings (SSSR count). The van der Waals surface area contributed by atoms with Crippen LogP contribution >= 0.6 is 11.3 Å². The lowest BCUT2D eigenvalue weighted by Crippen LogP contribution is -2.23. The second-order valence-electron chi connectivity index (χ2n) is 10.7. The molecule has 3 aromatic carbocycles. The summed E-state index contributed by atoms with van der Waals surface area (Å²) in [6.07, 6.45) is 8.72. The zero-order valence-corrected chi connectivity index (χ0v) is 26.1. The van der Waals surface area contributed by atoms with E-state index >= 15 is 4.39 Å². The third kappa shape index (κ3) is 6.81. The standard InChI is InChI=1S/C35H34FN5O3S/c1-3-5-10-20-43-28-16-13-24(14-17-28)33-37-35-41(39-33)34(42)31(45-35)22-26-23-40(27-11-8-7-9-12-27)38-32(26)25-15-18-30(29(36)21-25)44-19-6-4-2/h7-9,11-18,21-23H,3-6,10,19-20H2,1-2H3/b31-22-. The Morgan fingerprint density at radius 2 is 1.62 bits per heavy atom. The summed E-state index contributed by atoms with van der Waals surface area (Å²) < 4.78 is 30.0. The van der Waals surface area contributed by atoms with Gasteiger partial charge in [-0.25, -0.2) is 9.07 Å². The van der Waals surface area contributed by atoms with Crippen LogP contribution in [0.1, 0.15) is 51.5 Å². The highest BCUT2D eigenvalue weighted by molar-refractivity contribution is 7.15. The molecule has 0 amide bonds. The van der Waals surface area contributed by atoms with Crippen molar-refractivity contribution in [2.45, 2.75) is 46.0 Å². The van der Waals surface area contributed by atoms with E-state index in [1.807, 2.05) is 60.8 Å². The smallest absolute Gasteiger partial charge is 0.291 e. The summed E-state index contributed by atoms with van der Waals surface area (Å²) in [7, 11) is 0. The second kappa shape index (κ2) is 13.9. The summed E-state index contributed by atoms with van der Waals surface area (Å²) in [5.41, 5.74) is 3.12. The van der Waals surface area contributed by atoms with Gasteiger partial charge in [0.1, 0.15) is 11.4 Å². The Labute approximate surface area is 264 Å². The van der Waals surface area contributed by atoms with Crippen LogP contribution in [-0.4, -0.2) is 37.6 Å². The molecule has 0 radical (unpaired) electrons. The number of unbranched alkanes of at least 4 members (excludes halogenated alkanes) is 3. The molecule has 0 bridgehead atoms. The average Bonchev–Trinajstić information content (AvgIpc) is 3.76. The number of aromatic nitrogens is 5. The number of nitrogens with zero attached hydrogens (tertiary/aromatic N) is 5. The van der Waals surface area contributed by atoms with Crippen molar-refractivity contribution < 1.29 is 13.9 Å². The van der Waals surface area contributed by atoms with Gasteiger partial charge in [0, 0.05) is 22.9 Å². The van der Waals surface area contributed by atoms with Gasteiger partial charge in [0.15, 0.2) is 17.4 Å². The van der Waals surface area contributed by atoms with Crippen LogP contribution in [0.5, 0.6) is 11.5 Å². The van der Waals surface area contributed by atoms with E-state index in [1.54, 1.807) is 22.9 Å². The first-order valence-corrected chi connectivity index (χ1v) is 16.1. The van der Waals surface area contributed by atoms with Crippen molar-refractivity contribution in [1.29, 1.82) is 0 Å². The Morgan fingerprint density at radius 1 is 0.867 bits per heavy atom. The van der Waals surface area contributed by atoms with Crippen molar-refractivity contribution in [3.05, 3.63) is 105 Å². The lowest BCUT2D eigenvalue weighted by atomic mass is 10.1. The predicted octanol–water partition coefficient (Wildman–Crippen LogP) is 7.11. The van der Waals surface area contributed by atoms with Crippen LogP contribution in [0.3, 0.4) is 0 Å². The van der Waals surface area contributed by atoms with Gasteiger partial charge < -0.3 is 9.47 Å². The molecule has 0 aliphatic rings.